The second-order valence-electron chi connectivity index (χ2n) is 5.44. The third kappa shape index (κ3) is 3.81. The third-order valence-electron chi connectivity index (χ3n) is 3.55. The lowest BCUT2D eigenvalue weighted by atomic mass is 10.3. The fraction of sp³-hybridized carbons (Fsp3) is 0.176. The predicted octanol–water partition coefficient (Wildman–Crippen LogP) is 2.54. The molecule has 0 fully saturated rings. The van der Waals surface area contributed by atoms with Gasteiger partial charge in [-0.25, -0.2) is 9.67 Å². The van der Waals surface area contributed by atoms with Crippen molar-refractivity contribution in [3.8, 4) is 5.69 Å². The van der Waals surface area contributed by atoms with Gasteiger partial charge in [-0.05, 0) is 25.1 Å². The van der Waals surface area contributed by atoms with Crippen LogP contribution in [0.4, 0.5) is 0 Å². The van der Waals surface area contributed by atoms with Gasteiger partial charge in [-0.1, -0.05) is 35.5 Å². The van der Waals surface area contributed by atoms with E-state index < -0.39 is 5.25 Å². The van der Waals surface area contributed by atoms with Crippen molar-refractivity contribution in [3.05, 3.63) is 58.5 Å². The van der Waals surface area contributed by atoms with Crippen LogP contribution < -0.4 is 10.9 Å². The molecule has 0 saturated heterocycles. The van der Waals surface area contributed by atoms with E-state index in [-0.39, 0.29) is 11.5 Å². The molecule has 1 unspecified atom stereocenters. The van der Waals surface area contributed by atoms with Crippen LogP contribution in [0.15, 0.2) is 53.1 Å². The number of fused-ring (bicyclic) bond motifs is 1. The lowest BCUT2D eigenvalue weighted by Gasteiger charge is -2.10. The third-order valence-corrected chi connectivity index (χ3v) is 4.77. The number of rotatable bonds is 6. The van der Waals surface area contributed by atoms with E-state index in [1.54, 1.807) is 35.9 Å². The average Bonchev–Trinajstić information content (AvgIpc) is 3.04. The molecule has 1 amide bonds. The van der Waals surface area contributed by atoms with E-state index in [0.717, 1.165) is 11.8 Å². The highest BCUT2D eigenvalue weighted by molar-refractivity contribution is 8.00. The van der Waals surface area contributed by atoms with Gasteiger partial charge in [0, 0.05) is 11.6 Å². The van der Waals surface area contributed by atoms with E-state index >= 15 is 0 Å². The first-order valence-corrected chi connectivity index (χ1v) is 9.04. The number of nitrogens with zero attached hydrogens (tertiary/aromatic N) is 3. The zero-order chi connectivity index (χ0) is 18.7. The van der Waals surface area contributed by atoms with Crippen molar-refractivity contribution in [2.75, 3.05) is 6.54 Å². The van der Waals surface area contributed by atoms with Gasteiger partial charge in [-0.15, -0.1) is 6.58 Å². The Hall–Kier alpha value is -2.58. The van der Waals surface area contributed by atoms with Crippen molar-refractivity contribution in [3.63, 3.8) is 0 Å². The summed E-state index contributed by atoms with van der Waals surface area (Å²) in [7, 11) is 0. The molecule has 0 bridgehead atoms. The van der Waals surface area contributed by atoms with Crippen LogP contribution in [0.1, 0.15) is 6.92 Å². The summed E-state index contributed by atoms with van der Waals surface area (Å²) >= 11 is 7.20. The van der Waals surface area contributed by atoms with Gasteiger partial charge >= 0.3 is 0 Å². The van der Waals surface area contributed by atoms with Gasteiger partial charge in [0.05, 0.1) is 17.1 Å². The number of hydrogen-bond donors (Lipinski definition) is 2. The molecule has 3 rings (SSSR count). The fourth-order valence-corrected chi connectivity index (χ4v) is 3.29. The molecule has 0 aliphatic rings. The molecule has 1 atom stereocenters. The van der Waals surface area contributed by atoms with Crippen LogP contribution in [0.3, 0.4) is 0 Å². The lowest BCUT2D eigenvalue weighted by Crippen LogP contribution is -2.31. The van der Waals surface area contributed by atoms with Crippen LogP contribution in [0, 0.1) is 0 Å². The van der Waals surface area contributed by atoms with Crippen LogP contribution in [-0.2, 0) is 4.79 Å². The number of nitrogens with one attached hydrogen (secondary N) is 2. The topological polar surface area (TPSA) is 92.7 Å². The minimum atomic E-state index is -0.432. The van der Waals surface area contributed by atoms with Crippen molar-refractivity contribution in [2.24, 2.45) is 0 Å². The first-order valence-electron chi connectivity index (χ1n) is 7.79. The van der Waals surface area contributed by atoms with Crippen LogP contribution >= 0.6 is 23.4 Å². The van der Waals surface area contributed by atoms with E-state index in [1.807, 2.05) is 6.07 Å². The molecule has 2 heterocycles. The summed E-state index contributed by atoms with van der Waals surface area (Å²) in [6.07, 6.45) is 3.06. The normalized spacial score (nSPS) is 12.1. The van der Waals surface area contributed by atoms with Crippen LogP contribution in [-0.4, -0.2) is 37.5 Å². The largest absolute Gasteiger partial charge is 0.352 e. The molecule has 26 heavy (non-hydrogen) atoms. The summed E-state index contributed by atoms with van der Waals surface area (Å²) < 4.78 is 1.54. The monoisotopic (exact) mass is 389 g/mol. The Balaban J connectivity index is 1.96. The SMILES string of the molecule is C=CCNC(=O)C(C)Sc1nc2c(cnn2-c2cccc(Cl)c2)c(=O)[nH]1. The van der Waals surface area contributed by atoms with Crippen molar-refractivity contribution in [1.29, 1.82) is 0 Å². The Morgan fingerprint density at radius 1 is 1.54 bits per heavy atom. The standard InChI is InChI=1S/C17H16ClN5O2S/c1-3-7-19-15(24)10(2)26-17-21-14-13(16(25)22-17)9-20-23(14)12-6-4-5-11(18)8-12/h3-6,8-10H,1,7H2,2H3,(H,19,24)(H,21,22,25). The fourth-order valence-electron chi connectivity index (χ4n) is 2.29. The van der Waals surface area contributed by atoms with Crippen LogP contribution in [0.2, 0.25) is 5.02 Å². The van der Waals surface area contributed by atoms with Crippen LogP contribution in [0.5, 0.6) is 0 Å². The van der Waals surface area contributed by atoms with E-state index in [4.69, 9.17) is 11.6 Å². The maximum atomic E-state index is 12.3. The molecule has 0 radical (unpaired) electrons. The van der Waals surface area contributed by atoms with Crippen LogP contribution in [0.25, 0.3) is 16.7 Å². The number of halogens is 1. The molecule has 3 aromatic rings. The molecule has 0 spiro atoms. The number of H-pyrrole nitrogens is 1. The quantitative estimate of drug-likeness (QED) is 0.384. The zero-order valence-corrected chi connectivity index (χ0v) is 15.5. The van der Waals surface area contributed by atoms with Crippen molar-refractivity contribution < 1.29 is 4.79 Å². The van der Waals surface area contributed by atoms with Gasteiger partial charge < -0.3 is 10.3 Å². The van der Waals surface area contributed by atoms with Crippen molar-refractivity contribution in [1.82, 2.24) is 25.1 Å². The maximum absolute atomic E-state index is 12.3. The van der Waals surface area contributed by atoms with Gasteiger partial charge in [0.25, 0.3) is 5.56 Å². The highest BCUT2D eigenvalue weighted by atomic mass is 35.5. The van der Waals surface area contributed by atoms with Gasteiger partial charge in [0.2, 0.25) is 5.91 Å². The number of aromatic amines is 1. The van der Waals surface area contributed by atoms with E-state index in [0.29, 0.717) is 33.4 Å². The number of carbonyl (C=O) groups excluding carboxylic acids is 1. The number of amides is 1. The number of benzene rings is 1. The Labute approximate surface area is 158 Å². The Morgan fingerprint density at radius 3 is 3.08 bits per heavy atom. The maximum Gasteiger partial charge on any atom is 0.262 e. The first-order chi connectivity index (χ1) is 12.5. The minimum Gasteiger partial charge on any atom is -0.352 e. The summed E-state index contributed by atoms with van der Waals surface area (Å²) in [5.41, 5.74) is 0.778. The molecular formula is C17H16ClN5O2S. The lowest BCUT2D eigenvalue weighted by molar-refractivity contribution is -0.120. The van der Waals surface area contributed by atoms with Crippen molar-refractivity contribution >= 4 is 40.3 Å². The van der Waals surface area contributed by atoms with E-state index in [9.17, 15) is 9.59 Å². The summed E-state index contributed by atoms with van der Waals surface area (Å²) in [5.74, 6) is -0.166. The van der Waals surface area contributed by atoms with Crippen molar-refractivity contribution in [2.45, 2.75) is 17.3 Å². The Kier molecular flexibility index (Phi) is 5.43. The molecule has 2 aromatic heterocycles. The highest BCUT2D eigenvalue weighted by Gasteiger charge is 2.17. The van der Waals surface area contributed by atoms with Gasteiger partial charge in [-0.3, -0.25) is 9.59 Å². The molecule has 1 aromatic carbocycles. The van der Waals surface area contributed by atoms with Gasteiger partial charge in [0.1, 0.15) is 5.39 Å². The number of hydrogen-bond acceptors (Lipinski definition) is 5. The first kappa shape index (κ1) is 18.2. The molecular weight excluding hydrogens is 374 g/mol. The number of thioether (sulfide) groups is 1. The van der Waals surface area contributed by atoms with Gasteiger partial charge in [-0.2, -0.15) is 5.10 Å². The molecule has 0 aliphatic carbocycles. The summed E-state index contributed by atoms with van der Waals surface area (Å²) in [5, 5.41) is 7.77. The minimum absolute atomic E-state index is 0.166. The highest BCUT2D eigenvalue weighted by Crippen LogP contribution is 2.22. The molecule has 7 nitrogen and oxygen atoms in total. The van der Waals surface area contributed by atoms with Gasteiger partial charge in [0.15, 0.2) is 10.8 Å². The second-order valence-corrected chi connectivity index (χ2v) is 7.20. The number of aromatic nitrogens is 4. The molecule has 9 heteroatoms. The molecule has 0 aliphatic heterocycles. The summed E-state index contributed by atoms with van der Waals surface area (Å²) in [6.45, 7) is 5.68. The van der Waals surface area contributed by atoms with E-state index in [2.05, 4.69) is 27.0 Å². The van der Waals surface area contributed by atoms with E-state index in [1.165, 1.54) is 6.20 Å². The predicted molar refractivity (Wildman–Crippen MR) is 103 cm³/mol. The second kappa shape index (κ2) is 7.76. The smallest absolute Gasteiger partial charge is 0.262 e. The number of carbonyl (C=O) groups is 1. The zero-order valence-electron chi connectivity index (χ0n) is 13.9. The summed E-state index contributed by atoms with van der Waals surface area (Å²) in [6, 6.07) is 7.09. The molecule has 0 saturated carbocycles. The summed E-state index contributed by atoms with van der Waals surface area (Å²) in [4.78, 5) is 31.5. The molecule has 2 N–H and O–H groups in total. The Bertz CT molecular complexity index is 1030. The Morgan fingerprint density at radius 2 is 2.35 bits per heavy atom. The average molecular weight is 390 g/mol. The molecule has 134 valence electrons.